The van der Waals surface area contributed by atoms with Crippen LogP contribution in [0.4, 0.5) is 0 Å². The van der Waals surface area contributed by atoms with Crippen LogP contribution in [0.15, 0.2) is 42.5 Å². The first-order valence-corrected chi connectivity index (χ1v) is 7.15. The van der Waals surface area contributed by atoms with Gasteiger partial charge < -0.3 is 9.84 Å². The topological polar surface area (TPSA) is 29.5 Å². The zero-order valence-corrected chi connectivity index (χ0v) is 12.0. The molecule has 0 amide bonds. The molecule has 2 nitrogen and oxygen atoms in total. The Kier molecular flexibility index (Phi) is 3.49. The molecule has 104 valence electrons. The Morgan fingerprint density at radius 2 is 1.70 bits per heavy atom. The summed E-state index contributed by atoms with van der Waals surface area (Å²) in [5.41, 5.74) is 4.16. The number of ether oxygens (including phenoxy) is 1. The first-order chi connectivity index (χ1) is 9.61. The highest BCUT2D eigenvalue weighted by molar-refractivity contribution is 5.38. The molecule has 0 spiro atoms. The van der Waals surface area contributed by atoms with E-state index in [0.29, 0.717) is 6.10 Å². The molecule has 3 rings (SSSR count). The lowest BCUT2D eigenvalue weighted by Gasteiger charge is -2.14. The van der Waals surface area contributed by atoms with E-state index in [2.05, 4.69) is 19.9 Å². The number of rotatable bonds is 4. The maximum absolute atomic E-state index is 10.6. The van der Waals surface area contributed by atoms with Crippen LogP contribution in [0.25, 0.3) is 0 Å². The normalized spacial score (nSPS) is 15.9. The predicted molar refractivity (Wildman–Crippen MR) is 80.1 cm³/mol. The summed E-state index contributed by atoms with van der Waals surface area (Å²) in [4.78, 5) is 0. The van der Waals surface area contributed by atoms with Gasteiger partial charge in [-0.25, -0.2) is 0 Å². The van der Waals surface area contributed by atoms with E-state index in [1.807, 2.05) is 36.4 Å². The summed E-state index contributed by atoms with van der Waals surface area (Å²) >= 11 is 0. The Morgan fingerprint density at radius 1 is 1.00 bits per heavy atom. The molecule has 0 saturated heterocycles. The molecule has 2 aromatic rings. The quantitative estimate of drug-likeness (QED) is 0.910. The van der Waals surface area contributed by atoms with Crippen LogP contribution >= 0.6 is 0 Å². The second kappa shape index (κ2) is 5.29. The van der Waals surface area contributed by atoms with E-state index >= 15 is 0 Å². The van der Waals surface area contributed by atoms with Crippen molar-refractivity contribution in [2.45, 2.75) is 38.9 Å². The lowest BCUT2D eigenvalue weighted by molar-refractivity contribution is 0.219. The van der Waals surface area contributed by atoms with Crippen molar-refractivity contribution in [1.29, 1.82) is 0 Å². The molecule has 2 aromatic carbocycles. The maximum atomic E-state index is 10.6. The number of aliphatic hydroxyl groups is 1. The van der Waals surface area contributed by atoms with Crippen LogP contribution in [0.5, 0.6) is 5.75 Å². The first kappa shape index (κ1) is 13.2. The summed E-state index contributed by atoms with van der Waals surface area (Å²) in [6.45, 7) is 4.10. The molecule has 1 atom stereocenters. The van der Waals surface area contributed by atoms with Gasteiger partial charge in [0.1, 0.15) is 11.9 Å². The van der Waals surface area contributed by atoms with Crippen LogP contribution < -0.4 is 4.74 Å². The lowest BCUT2D eigenvalue weighted by atomic mass is 9.98. The second-order valence-electron chi connectivity index (χ2n) is 5.71. The minimum absolute atomic E-state index is 0.378. The summed E-state index contributed by atoms with van der Waals surface area (Å²) in [6, 6.07) is 14.0. The predicted octanol–water partition coefficient (Wildman–Crippen LogP) is 3.93. The molecule has 0 radical (unpaired) electrons. The molecule has 0 heterocycles. The zero-order chi connectivity index (χ0) is 14.1. The van der Waals surface area contributed by atoms with Crippen LogP contribution in [-0.4, -0.2) is 11.2 Å². The largest absolute Gasteiger partial charge is 0.490 e. The third-order valence-corrected chi connectivity index (χ3v) is 3.56. The fourth-order valence-electron chi connectivity index (χ4n) is 2.50. The van der Waals surface area contributed by atoms with E-state index in [1.54, 1.807) is 0 Å². The molecule has 1 fully saturated rings. The number of aliphatic hydroxyl groups excluding tert-OH is 1. The van der Waals surface area contributed by atoms with Crippen molar-refractivity contribution in [3.63, 3.8) is 0 Å². The SMILES string of the molecule is Cc1cc(C)cc(C(O)c2cccc(OC3CC3)c2)c1. The van der Waals surface area contributed by atoms with Gasteiger partial charge in [0.2, 0.25) is 0 Å². The summed E-state index contributed by atoms with van der Waals surface area (Å²) in [5.74, 6) is 0.855. The maximum Gasteiger partial charge on any atom is 0.120 e. The molecule has 1 N–H and O–H groups in total. The van der Waals surface area contributed by atoms with Gasteiger partial charge in [0.05, 0.1) is 6.10 Å². The van der Waals surface area contributed by atoms with Gasteiger partial charge in [-0.15, -0.1) is 0 Å². The van der Waals surface area contributed by atoms with Crippen molar-refractivity contribution < 1.29 is 9.84 Å². The van der Waals surface area contributed by atoms with Gasteiger partial charge in [0.15, 0.2) is 0 Å². The van der Waals surface area contributed by atoms with E-state index in [1.165, 1.54) is 11.1 Å². The Labute approximate surface area is 120 Å². The van der Waals surface area contributed by atoms with Crippen molar-refractivity contribution in [3.8, 4) is 5.75 Å². The smallest absolute Gasteiger partial charge is 0.120 e. The molecular formula is C18H20O2. The van der Waals surface area contributed by atoms with Gasteiger partial charge in [-0.05, 0) is 49.9 Å². The van der Waals surface area contributed by atoms with Gasteiger partial charge in [0, 0.05) is 0 Å². The number of hydrogen-bond acceptors (Lipinski definition) is 2. The van der Waals surface area contributed by atoms with Crippen molar-refractivity contribution >= 4 is 0 Å². The number of hydrogen-bond donors (Lipinski definition) is 1. The fraction of sp³-hybridized carbons (Fsp3) is 0.333. The molecule has 0 aromatic heterocycles. The second-order valence-corrected chi connectivity index (χ2v) is 5.71. The van der Waals surface area contributed by atoms with E-state index in [9.17, 15) is 5.11 Å². The van der Waals surface area contributed by atoms with Crippen molar-refractivity contribution in [2.75, 3.05) is 0 Å². The molecule has 1 aliphatic rings. The molecule has 2 heteroatoms. The average Bonchev–Trinajstić information content (AvgIpc) is 3.21. The highest BCUT2D eigenvalue weighted by atomic mass is 16.5. The van der Waals surface area contributed by atoms with Crippen molar-refractivity contribution in [2.24, 2.45) is 0 Å². The fourth-order valence-corrected chi connectivity index (χ4v) is 2.50. The van der Waals surface area contributed by atoms with Gasteiger partial charge in [-0.2, -0.15) is 0 Å². The molecule has 0 bridgehead atoms. The van der Waals surface area contributed by atoms with Gasteiger partial charge in [-0.1, -0.05) is 41.5 Å². The lowest BCUT2D eigenvalue weighted by Crippen LogP contribution is -2.02. The van der Waals surface area contributed by atoms with Crippen LogP contribution in [-0.2, 0) is 0 Å². The standard InChI is InChI=1S/C18H20O2/c1-12-8-13(2)10-15(9-12)18(19)14-4-3-5-17(11-14)20-16-6-7-16/h3-5,8-11,16,18-19H,6-7H2,1-2H3. The van der Waals surface area contributed by atoms with Gasteiger partial charge in [-0.3, -0.25) is 0 Å². The highest BCUT2D eigenvalue weighted by Crippen LogP contribution is 2.30. The first-order valence-electron chi connectivity index (χ1n) is 7.15. The van der Waals surface area contributed by atoms with Crippen LogP contribution in [0.2, 0.25) is 0 Å². The summed E-state index contributed by atoms with van der Waals surface area (Å²) in [6.07, 6.45) is 2.06. The Morgan fingerprint density at radius 3 is 2.35 bits per heavy atom. The molecule has 20 heavy (non-hydrogen) atoms. The molecule has 1 aliphatic carbocycles. The number of benzene rings is 2. The number of aryl methyl sites for hydroxylation is 2. The van der Waals surface area contributed by atoms with Crippen LogP contribution in [0.1, 0.15) is 41.2 Å². The van der Waals surface area contributed by atoms with Crippen molar-refractivity contribution in [1.82, 2.24) is 0 Å². The molecule has 1 unspecified atom stereocenters. The minimum Gasteiger partial charge on any atom is -0.490 e. The average molecular weight is 268 g/mol. The molecular weight excluding hydrogens is 248 g/mol. The third kappa shape index (κ3) is 3.02. The summed E-state index contributed by atoms with van der Waals surface area (Å²) in [7, 11) is 0. The van der Waals surface area contributed by atoms with E-state index < -0.39 is 6.10 Å². The molecule has 0 aliphatic heterocycles. The Balaban J connectivity index is 1.86. The third-order valence-electron chi connectivity index (χ3n) is 3.56. The Hall–Kier alpha value is -1.80. The highest BCUT2D eigenvalue weighted by Gasteiger charge is 2.23. The Bertz CT molecular complexity index is 594. The summed E-state index contributed by atoms with van der Waals surface area (Å²) in [5, 5.41) is 10.6. The zero-order valence-electron chi connectivity index (χ0n) is 12.0. The molecule has 1 saturated carbocycles. The van der Waals surface area contributed by atoms with Gasteiger partial charge >= 0.3 is 0 Å². The van der Waals surface area contributed by atoms with Crippen molar-refractivity contribution in [3.05, 3.63) is 64.7 Å². The summed E-state index contributed by atoms with van der Waals surface area (Å²) < 4.78 is 5.79. The van der Waals surface area contributed by atoms with Crippen LogP contribution in [0.3, 0.4) is 0 Å². The monoisotopic (exact) mass is 268 g/mol. The van der Waals surface area contributed by atoms with Gasteiger partial charge in [0.25, 0.3) is 0 Å². The van der Waals surface area contributed by atoms with Crippen LogP contribution in [0, 0.1) is 13.8 Å². The van der Waals surface area contributed by atoms with E-state index in [-0.39, 0.29) is 0 Å². The minimum atomic E-state index is -0.601. The van der Waals surface area contributed by atoms with E-state index in [4.69, 9.17) is 4.74 Å². The van der Waals surface area contributed by atoms with E-state index in [0.717, 1.165) is 29.7 Å².